The van der Waals surface area contributed by atoms with Gasteiger partial charge >= 0.3 is 0 Å². The smallest absolute Gasteiger partial charge is 0.164 e. The summed E-state index contributed by atoms with van der Waals surface area (Å²) in [5.74, 6) is 1.45. The number of para-hydroxylation sites is 1. The van der Waals surface area contributed by atoms with Crippen molar-refractivity contribution in [1.29, 1.82) is 0 Å². The van der Waals surface area contributed by atoms with Crippen molar-refractivity contribution in [2.45, 2.75) is 37.6 Å². The molecule has 1 aliphatic heterocycles. The predicted octanol–water partition coefficient (Wildman–Crippen LogP) is 2.40. The van der Waals surface area contributed by atoms with Crippen LogP contribution in [-0.4, -0.2) is 24.3 Å². The summed E-state index contributed by atoms with van der Waals surface area (Å²) in [6.07, 6.45) is 5.03. The second-order valence-electron chi connectivity index (χ2n) is 5.07. The highest BCUT2D eigenvalue weighted by molar-refractivity contribution is 5.48. The van der Waals surface area contributed by atoms with Gasteiger partial charge in [0.15, 0.2) is 11.5 Å². The molecular weight excluding hydrogens is 214 g/mol. The molecule has 0 amide bonds. The number of hydrogen-bond acceptors (Lipinski definition) is 3. The van der Waals surface area contributed by atoms with Crippen LogP contribution in [0.2, 0.25) is 0 Å². The number of benzene rings is 1. The van der Waals surface area contributed by atoms with E-state index in [1.807, 2.05) is 6.07 Å². The number of hydrogen-bond donors (Lipinski definition) is 2. The summed E-state index contributed by atoms with van der Waals surface area (Å²) in [6.45, 7) is 1.71. The highest BCUT2D eigenvalue weighted by Crippen LogP contribution is 2.39. The molecule has 1 fully saturated rings. The minimum absolute atomic E-state index is 0.274. The minimum Gasteiger partial charge on any atom is -0.504 e. The van der Waals surface area contributed by atoms with Crippen LogP contribution in [0.3, 0.4) is 0 Å². The van der Waals surface area contributed by atoms with Crippen LogP contribution >= 0.6 is 0 Å². The second-order valence-corrected chi connectivity index (χ2v) is 5.07. The molecule has 1 unspecified atom stereocenters. The second kappa shape index (κ2) is 4.57. The summed E-state index contributed by atoms with van der Waals surface area (Å²) in [5.41, 5.74) is 1.16. The Bertz CT molecular complexity index is 401. The molecule has 3 nitrogen and oxygen atoms in total. The first-order valence-corrected chi connectivity index (χ1v) is 6.52. The zero-order valence-corrected chi connectivity index (χ0v) is 9.98. The van der Waals surface area contributed by atoms with Gasteiger partial charge in [-0.3, -0.25) is 0 Å². The van der Waals surface area contributed by atoms with Crippen LogP contribution in [0.15, 0.2) is 18.2 Å². The zero-order valence-electron chi connectivity index (χ0n) is 9.98. The molecule has 17 heavy (non-hydrogen) atoms. The molecular formula is C14H19NO2. The summed E-state index contributed by atoms with van der Waals surface area (Å²) in [5, 5.41) is 13.4. The van der Waals surface area contributed by atoms with Crippen LogP contribution in [0.25, 0.3) is 0 Å². The summed E-state index contributed by atoms with van der Waals surface area (Å²) in [6, 6.07) is 6.39. The molecule has 3 rings (SSSR count). The molecule has 1 atom stereocenters. The third-order valence-corrected chi connectivity index (χ3v) is 3.94. The van der Waals surface area contributed by atoms with Gasteiger partial charge in [0.1, 0.15) is 0 Å². The number of phenols is 1. The first-order chi connectivity index (χ1) is 8.34. The van der Waals surface area contributed by atoms with Crippen molar-refractivity contribution in [2.75, 3.05) is 13.2 Å². The van der Waals surface area contributed by atoms with Crippen molar-refractivity contribution in [2.24, 2.45) is 0 Å². The lowest BCUT2D eigenvalue weighted by atomic mass is 9.89. The van der Waals surface area contributed by atoms with E-state index >= 15 is 0 Å². The first-order valence-electron chi connectivity index (χ1n) is 6.52. The van der Waals surface area contributed by atoms with E-state index in [1.165, 1.54) is 19.3 Å². The Balaban J connectivity index is 1.72. The number of ether oxygens (including phenoxy) is 1. The SMILES string of the molecule is Oc1cccc2c1OCCC2CNC1CCC1. The van der Waals surface area contributed by atoms with Gasteiger partial charge in [-0.25, -0.2) is 0 Å². The topological polar surface area (TPSA) is 41.5 Å². The molecule has 0 bridgehead atoms. The van der Waals surface area contributed by atoms with Crippen LogP contribution in [0.5, 0.6) is 11.5 Å². The zero-order chi connectivity index (χ0) is 11.7. The van der Waals surface area contributed by atoms with E-state index < -0.39 is 0 Å². The molecule has 0 aromatic heterocycles. The lowest BCUT2D eigenvalue weighted by Crippen LogP contribution is -2.38. The Morgan fingerprint density at radius 2 is 2.18 bits per heavy atom. The standard InChI is InChI=1S/C14H19NO2/c16-13-6-2-5-12-10(7-8-17-14(12)13)9-15-11-3-1-4-11/h2,5-6,10-11,15-16H,1,3-4,7-9H2. The maximum Gasteiger partial charge on any atom is 0.164 e. The van der Waals surface area contributed by atoms with Crippen molar-refractivity contribution in [3.8, 4) is 11.5 Å². The van der Waals surface area contributed by atoms with Crippen LogP contribution in [0.1, 0.15) is 37.2 Å². The van der Waals surface area contributed by atoms with Gasteiger partial charge < -0.3 is 15.2 Å². The Hall–Kier alpha value is -1.22. The first kappa shape index (κ1) is 10.9. The maximum atomic E-state index is 9.76. The van der Waals surface area contributed by atoms with E-state index in [1.54, 1.807) is 6.07 Å². The van der Waals surface area contributed by atoms with Gasteiger partial charge in [-0.05, 0) is 25.3 Å². The predicted molar refractivity (Wildman–Crippen MR) is 66.6 cm³/mol. The molecule has 3 heteroatoms. The number of nitrogens with one attached hydrogen (secondary N) is 1. The van der Waals surface area contributed by atoms with Crippen LogP contribution in [-0.2, 0) is 0 Å². The quantitative estimate of drug-likeness (QED) is 0.842. The van der Waals surface area contributed by atoms with Gasteiger partial charge in [-0.15, -0.1) is 0 Å². The third kappa shape index (κ3) is 2.12. The van der Waals surface area contributed by atoms with E-state index in [9.17, 15) is 5.11 Å². The Morgan fingerprint density at radius 3 is 2.94 bits per heavy atom. The minimum atomic E-state index is 0.274. The number of fused-ring (bicyclic) bond motifs is 1. The van der Waals surface area contributed by atoms with Crippen molar-refractivity contribution in [1.82, 2.24) is 5.32 Å². The molecule has 2 N–H and O–H groups in total. The molecule has 0 saturated heterocycles. The molecule has 2 aliphatic rings. The molecule has 92 valence electrons. The van der Waals surface area contributed by atoms with Gasteiger partial charge in [0, 0.05) is 24.1 Å². The molecule has 1 heterocycles. The van der Waals surface area contributed by atoms with E-state index in [4.69, 9.17) is 4.74 Å². The number of rotatable bonds is 3. The van der Waals surface area contributed by atoms with E-state index in [2.05, 4.69) is 11.4 Å². The van der Waals surface area contributed by atoms with Gasteiger partial charge in [0.2, 0.25) is 0 Å². The fourth-order valence-electron chi connectivity index (χ4n) is 2.61. The Morgan fingerprint density at radius 1 is 1.29 bits per heavy atom. The van der Waals surface area contributed by atoms with Crippen LogP contribution in [0.4, 0.5) is 0 Å². The largest absolute Gasteiger partial charge is 0.504 e. The summed E-state index contributed by atoms with van der Waals surface area (Å²) in [7, 11) is 0. The van der Waals surface area contributed by atoms with Crippen molar-refractivity contribution in [3.05, 3.63) is 23.8 Å². The molecule has 0 spiro atoms. The Kier molecular flexibility index (Phi) is 2.93. The fourth-order valence-corrected chi connectivity index (χ4v) is 2.61. The van der Waals surface area contributed by atoms with Crippen molar-refractivity contribution >= 4 is 0 Å². The summed E-state index contributed by atoms with van der Waals surface area (Å²) in [4.78, 5) is 0. The molecule has 1 aromatic rings. The summed E-state index contributed by atoms with van der Waals surface area (Å²) >= 11 is 0. The van der Waals surface area contributed by atoms with E-state index in [-0.39, 0.29) is 5.75 Å². The van der Waals surface area contributed by atoms with Crippen LogP contribution < -0.4 is 10.1 Å². The average molecular weight is 233 g/mol. The Labute approximate surface area is 102 Å². The van der Waals surface area contributed by atoms with Gasteiger partial charge in [0.05, 0.1) is 6.61 Å². The molecule has 1 saturated carbocycles. The van der Waals surface area contributed by atoms with Gasteiger partial charge in [-0.2, -0.15) is 0 Å². The summed E-state index contributed by atoms with van der Waals surface area (Å²) < 4.78 is 5.55. The van der Waals surface area contributed by atoms with Crippen LogP contribution in [0, 0.1) is 0 Å². The lowest BCUT2D eigenvalue weighted by Gasteiger charge is -2.31. The normalized spacial score (nSPS) is 23.6. The van der Waals surface area contributed by atoms with Crippen molar-refractivity contribution in [3.63, 3.8) is 0 Å². The monoisotopic (exact) mass is 233 g/mol. The molecule has 1 aromatic carbocycles. The molecule has 1 aliphatic carbocycles. The number of phenolic OH excluding ortho intramolecular Hbond substituents is 1. The lowest BCUT2D eigenvalue weighted by molar-refractivity contribution is 0.243. The average Bonchev–Trinajstić information content (AvgIpc) is 2.28. The highest BCUT2D eigenvalue weighted by atomic mass is 16.5. The highest BCUT2D eigenvalue weighted by Gasteiger charge is 2.25. The van der Waals surface area contributed by atoms with E-state index in [0.717, 1.165) is 24.6 Å². The van der Waals surface area contributed by atoms with Gasteiger partial charge in [-0.1, -0.05) is 18.6 Å². The maximum absolute atomic E-state index is 9.76. The van der Waals surface area contributed by atoms with Gasteiger partial charge in [0.25, 0.3) is 0 Å². The molecule has 0 radical (unpaired) electrons. The number of aromatic hydroxyl groups is 1. The third-order valence-electron chi connectivity index (χ3n) is 3.94. The van der Waals surface area contributed by atoms with E-state index in [0.29, 0.717) is 18.3 Å². The fraction of sp³-hybridized carbons (Fsp3) is 0.571. The van der Waals surface area contributed by atoms with Crippen molar-refractivity contribution < 1.29 is 9.84 Å².